The largest absolute Gasteiger partial charge is 0.395 e. The summed E-state index contributed by atoms with van der Waals surface area (Å²) in [6.07, 6.45) is 0. The van der Waals surface area contributed by atoms with Crippen molar-refractivity contribution in [3.8, 4) is 0 Å². The molecule has 1 rings (SSSR count). The van der Waals surface area contributed by atoms with Gasteiger partial charge in [0.05, 0.1) is 6.61 Å². The van der Waals surface area contributed by atoms with Gasteiger partial charge in [0.15, 0.2) is 0 Å². The number of benzene rings is 1. The first-order valence-electron chi connectivity index (χ1n) is 5.16. The van der Waals surface area contributed by atoms with Crippen molar-refractivity contribution < 1.29 is 5.11 Å². The molecule has 0 spiro atoms. The van der Waals surface area contributed by atoms with Crippen LogP contribution in [0.25, 0.3) is 0 Å². The molecule has 0 aromatic heterocycles. The van der Waals surface area contributed by atoms with E-state index in [0.717, 1.165) is 0 Å². The number of aliphatic hydroxyl groups is 1. The SMILES string of the molecule is CC(C)Sc1ccc(SC(C)CO)cc1. The lowest BCUT2D eigenvalue weighted by Gasteiger charge is -2.09. The molecule has 0 radical (unpaired) electrons. The third-order valence-corrected chi connectivity index (χ3v) is 3.90. The van der Waals surface area contributed by atoms with Gasteiger partial charge >= 0.3 is 0 Å². The van der Waals surface area contributed by atoms with E-state index < -0.39 is 0 Å². The van der Waals surface area contributed by atoms with Crippen molar-refractivity contribution in [3.05, 3.63) is 24.3 Å². The summed E-state index contributed by atoms with van der Waals surface area (Å²) in [4.78, 5) is 2.54. The van der Waals surface area contributed by atoms with E-state index in [0.29, 0.717) is 5.25 Å². The number of thioether (sulfide) groups is 2. The Kier molecular flexibility index (Phi) is 5.58. The van der Waals surface area contributed by atoms with E-state index in [4.69, 9.17) is 5.11 Å². The van der Waals surface area contributed by atoms with Gasteiger partial charge in [-0.1, -0.05) is 20.8 Å². The summed E-state index contributed by atoms with van der Waals surface area (Å²) in [6.45, 7) is 6.65. The Labute approximate surface area is 101 Å². The minimum absolute atomic E-state index is 0.229. The molecule has 3 heteroatoms. The highest BCUT2D eigenvalue weighted by atomic mass is 32.2. The number of hydrogen-bond donors (Lipinski definition) is 1. The molecule has 15 heavy (non-hydrogen) atoms. The molecule has 1 aromatic rings. The summed E-state index contributed by atoms with van der Waals surface area (Å²) in [5, 5.41) is 9.84. The van der Waals surface area contributed by atoms with Crippen LogP contribution in [0, 0.1) is 0 Å². The molecule has 0 bridgehead atoms. The van der Waals surface area contributed by atoms with Gasteiger partial charge in [-0.2, -0.15) is 0 Å². The summed E-state index contributed by atoms with van der Waals surface area (Å²) in [5.41, 5.74) is 0. The molecule has 0 aliphatic heterocycles. The standard InChI is InChI=1S/C12H18OS2/c1-9(2)14-11-4-6-12(7-5-11)15-10(3)8-13/h4-7,9-10,13H,8H2,1-3H3. The highest BCUT2D eigenvalue weighted by Crippen LogP contribution is 2.27. The monoisotopic (exact) mass is 242 g/mol. The van der Waals surface area contributed by atoms with Crippen LogP contribution in [0.15, 0.2) is 34.1 Å². The first-order chi connectivity index (χ1) is 7.11. The Hall–Kier alpha value is -0.120. The van der Waals surface area contributed by atoms with Crippen molar-refractivity contribution in [1.29, 1.82) is 0 Å². The summed E-state index contributed by atoms with van der Waals surface area (Å²) >= 11 is 3.59. The lowest BCUT2D eigenvalue weighted by molar-refractivity contribution is 0.300. The Balaban J connectivity index is 2.56. The lowest BCUT2D eigenvalue weighted by Crippen LogP contribution is -2.01. The molecule has 1 unspecified atom stereocenters. The minimum Gasteiger partial charge on any atom is -0.395 e. The fourth-order valence-electron chi connectivity index (χ4n) is 1.14. The Bertz CT molecular complexity index is 282. The second-order valence-corrected chi connectivity index (χ2v) is 6.91. The molecule has 0 amide bonds. The zero-order chi connectivity index (χ0) is 11.3. The van der Waals surface area contributed by atoms with Gasteiger partial charge in [-0.05, 0) is 24.3 Å². The molecule has 1 N–H and O–H groups in total. The van der Waals surface area contributed by atoms with Crippen molar-refractivity contribution >= 4 is 23.5 Å². The fourth-order valence-corrected chi connectivity index (χ4v) is 2.81. The Morgan fingerprint density at radius 2 is 1.47 bits per heavy atom. The topological polar surface area (TPSA) is 20.2 Å². The summed E-state index contributed by atoms with van der Waals surface area (Å²) in [7, 11) is 0. The summed E-state index contributed by atoms with van der Waals surface area (Å²) in [5.74, 6) is 0. The van der Waals surface area contributed by atoms with Gasteiger partial charge in [0.2, 0.25) is 0 Å². The van der Waals surface area contributed by atoms with E-state index in [2.05, 4.69) is 38.1 Å². The first kappa shape index (κ1) is 12.9. The molecule has 0 heterocycles. The van der Waals surface area contributed by atoms with Crippen LogP contribution in [0.2, 0.25) is 0 Å². The fraction of sp³-hybridized carbons (Fsp3) is 0.500. The molecule has 1 atom stereocenters. The maximum Gasteiger partial charge on any atom is 0.0550 e. The van der Waals surface area contributed by atoms with Crippen LogP contribution >= 0.6 is 23.5 Å². The average molecular weight is 242 g/mol. The van der Waals surface area contributed by atoms with Crippen molar-refractivity contribution in [2.24, 2.45) is 0 Å². The van der Waals surface area contributed by atoms with Gasteiger partial charge in [0, 0.05) is 20.3 Å². The minimum atomic E-state index is 0.229. The number of aliphatic hydroxyl groups excluding tert-OH is 1. The van der Waals surface area contributed by atoms with Crippen molar-refractivity contribution in [3.63, 3.8) is 0 Å². The molecule has 0 saturated carbocycles. The van der Waals surface area contributed by atoms with Crippen LogP contribution in [-0.2, 0) is 0 Å². The molecule has 84 valence electrons. The van der Waals surface area contributed by atoms with Gasteiger partial charge < -0.3 is 5.11 Å². The maximum absolute atomic E-state index is 8.94. The van der Waals surface area contributed by atoms with E-state index in [-0.39, 0.29) is 11.9 Å². The normalized spacial score (nSPS) is 13.1. The third-order valence-electron chi connectivity index (χ3n) is 1.79. The lowest BCUT2D eigenvalue weighted by atomic mass is 10.4. The number of rotatable bonds is 5. The van der Waals surface area contributed by atoms with Crippen LogP contribution in [0.1, 0.15) is 20.8 Å². The van der Waals surface area contributed by atoms with E-state index in [9.17, 15) is 0 Å². The van der Waals surface area contributed by atoms with Crippen LogP contribution in [-0.4, -0.2) is 22.2 Å². The van der Waals surface area contributed by atoms with E-state index in [1.54, 1.807) is 11.8 Å². The van der Waals surface area contributed by atoms with E-state index in [1.807, 2.05) is 18.7 Å². The Morgan fingerprint density at radius 1 is 1.00 bits per heavy atom. The molecule has 0 saturated heterocycles. The first-order valence-corrected chi connectivity index (χ1v) is 6.92. The zero-order valence-corrected chi connectivity index (χ0v) is 11.1. The van der Waals surface area contributed by atoms with E-state index in [1.165, 1.54) is 9.79 Å². The van der Waals surface area contributed by atoms with Crippen molar-refractivity contribution in [2.75, 3.05) is 6.61 Å². The van der Waals surface area contributed by atoms with Crippen LogP contribution in [0.5, 0.6) is 0 Å². The third kappa shape index (κ3) is 4.96. The van der Waals surface area contributed by atoms with Gasteiger partial charge in [0.1, 0.15) is 0 Å². The molecule has 0 fully saturated rings. The predicted octanol–water partition coefficient (Wildman–Crippen LogP) is 3.66. The molecule has 1 aromatic carbocycles. The molecular formula is C12H18OS2. The molecule has 1 nitrogen and oxygen atoms in total. The quantitative estimate of drug-likeness (QED) is 0.796. The second-order valence-electron chi connectivity index (χ2n) is 3.75. The van der Waals surface area contributed by atoms with Gasteiger partial charge in [-0.15, -0.1) is 23.5 Å². The van der Waals surface area contributed by atoms with Crippen LogP contribution in [0.4, 0.5) is 0 Å². The van der Waals surface area contributed by atoms with Crippen molar-refractivity contribution in [2.45, 2.75) is 41.1 Å². The van der Waals surface area contributed by atoms with Gasteiger partial charge in [0.25, 0.3) is 0 Å². The molecule has 0 aliphatic rings. The number of hydrogen-bond acceptors (Lipinski definition) is 3. The molecule has 0 aliphatic carbocycles. The zero-order valence-electron chi connectivity index (χ0n) is 9.43. The maximum atomic E-state index is 8.94. The van der Waals surface area contributed by atoms with Crippen molar-refractivity contribution in [1.82, 2.24) is 0 Å². The Morgan fingerprint density at radius 3 is 1.87 bits per heavy atom. The summed E-state index contributed by atoms with van der Waals surface area (Å²) < 4.78 is 0. The van der Waals surface area contributed by atoms with Gasteiger partial charge in [-0.3, -0.25) is 0 Å². The van der Waals surface area contributed by atoms with Crippen LogP contribution < -0.4 is 0 Å². The highest BCUT2D eigenvalue weighted by Gasteiger charge is 2.03. The predicted molar refractivity (Wildman–Crippen MR) is 69.8 cm³/mol. The summed E-state index contributed by atoms with van der Waals surface area (Å²) in [6, 6.07) is 8.55. The van der Waals surface area contributed by atoms with E-state index >= 15 is 0 Å². The average Bonchev–Trinajstić information content (AvgIpc) is 2.20. The van der Waals surface area contributed by atoms with Crippen LogP contribution in [0.3, 0.4) is 0 Å². The molecular weight excluding hydrogens is 224 g/mol. The van der Waals surface area contributed by atoms with Gasteiger partial charge in [-0.25, -0.2) is 0 Å². The smallest absolute Gasteiger partial charge is 0.0550 e. The highest BCUT2D eigenvalue weighted by molar-refractivity contribution is 8.00. The second kappa shape index (κ2) is 6.46.